The normalized spacial score (nSPS) is 13.6. The van der Waals surface area contributed by atoms with Crippen LogP contribution in [-0.4, -0.2) is 26.2 Å². The van der Waals surface area contributed by atoms with Gasteiger partial charge in [0.25, 0.3) is 0 Å². The maximum absolute atomic E-state index is 11.2. The van der Waals surface area contributed by atoms with Gasteiger partial charge in [0.2, 0.25) is 0 Å². The largest absolute Gasteiger partial charge is 0.469 e. The van der Waals surface area contributed by atoms with Gasteiger partial charge in [-0.05, 0) is 24.3 Å². The number of ether oxygens (including phenoxy) is 1. The average Bonchev–Trinajstić information content (AvgIpc) is 2.21. The van der Waals surface area contributed by atoms with Gasteiger partial charge < -0.3 is 10.1 Å². The summed E-state index contributed by atoms with van der Waals surface area (Å²) in [6.07, 6.45) is 0. The third kappa shape index (κ3) is 5.50. The predicted molar refractivity (Wildman–Crippen MR) is 67.2 cm³/mol. The smallest absolute Gasteiger partial charge is 0.309 e. The first-order valence-electron chi connectivity index (χ1n) is 6.18. The molecule has 1 N–H and O–H groups in total. The summed E-state index contributed by atoms with van der Waals surface area (Å²) >= 11 is 0. The highest BCUT2D eigenvalue weighted by atomic mass is 16.5. The van der Waals surface area contributed by atoms with Crippen molar-refractivity contribution in [3.05, 3.63) is 0 Å². The molecule has 0 saturated heterocycles. The number of nitrogens with one attached hydrogen (secondary N) is 1. The van der Waals surface area contributed by atoms with Crippen molar-refractivity contribution >= 4 is 5.97 Å². The van der Waals surface area contributed by atoms with Crippen molar-refractivity contribution in [2.75, 3.05) is 20.2 Å². The second kappa shape index (κ2) is 7.66. The molecule has 3 heteroatoms. The number of carbonyl (C=O) groups is 1. The van der Waals surface area contributed by atoms with E-state index in [0.717, 1.165) is 6.54 Å². The molecule has 0 amide bonds. The summed E-state index contributed by atoms with van der Waals surface area (Å²) in [5.74, 6) is 1.79. The molecule has 0 saturated carbocycles. The Kier molecular flexibility index (Phi) is 7.39. The number of methoxy groups -OCH3 is 1. The van der Waals surface area contributed by atoms with Crippen LogP contribution in [0.25, 0.3) is 0 Å². The first kappa shape index (κ1) is 15.4. The zero-order chi connectivity index (χ0) is 12.7. The van der Waals surface area contributed by atoms with Crippen molar-refractivity contribution < 1.29 is 9.53 Å². The Labute approximate surface area is 99.9 Å². The lowest BCUT2D eigenvalue weighted by Crippen LogP contribution is -2.34. The molecule has 1 atom stereocenters. The summed E-state index contributed by atoms with van der Waals surface area (Å²) in [6.45, 7) is 12.5. The first-order valence-corrected chi connectivity index (χ1v) is 6.18. The second-order valence-electron chi connectivity index (χ2n) is 5.23. The molecule has 0 fully saturated rings. The molecule has 0 radical (unpaired) electrons. The molecule has 0 aromatic carbocycles. The Morgan fingerprint density at radius 2 is 1.56 bits per heavy atom. The molecule has 0 aliphatic carbocycles. The van der Waals surface area contributed by atoms with Crippen molar-refractivity contribution in [3.8, 4) is 0 Å². The fraction of sp³-hybridized carbons (Fsp3) is 0.923. The standard InChI is InChI=1S/C13H27NO2/c1-9(2)12(10(3)4)8-14-7-11(5)13(15)16-6/h9-12,14H,7-8H2,1-6H3. The molecule has 96 valence electrons. The van der Waals surface area contributed by atoms with Crippen LogP contribution in [0.15, 0.2) is 0 Å². The SMILES string of the molecule is COC(=O)C(C)CNCC(C(C)C)C(C)C. The van der Waals surface area contributed by atoms with Crippen LogP contribution in [0, 0.1) is 23.7 Å². The number of hydrogen-bond donors (Lipinski definition) is 1. The third-order valence-electron chi connectivity index (χ3n) is 3.15. The zero-order valence-electron chi connectivity index (χ0n) is 11.5. The van der Waals surface area contributed by atoms with Gasteiger partial charge in [0.05, 0.1) is 13.0 Å². The maximum atomic E-state index is 11.2. The lowest BCUT2D eigenvalue weighted by Gasteiger charge is -2.25. The fourth-order valence-electron chi connectivity index (χ4n) is 1.99. The van der Waals surface area contributed by atoms with Crippen molar-refractivity contribution in [1.29, 1.82) is 0 Å². The lowest BCUT2D eigenvalue weighted by atomic mass is 9.85. The third-order valence-corrected chi connectivity index (χ3v) is 3.15. The van der Waals surface area contributed by atoms with Crippen molar-refractivity contribution in [2.45, 2.75) is 34.6 Å². The number of rotatable bonds is 7. The van der Waals surface area contributed by atoms with E-state index in [0.29, 0.717) is 24.3 Å². The highest BCUT2D eigenvalue weighted by molar-refractivity contribution is 5.71. The van der Waals surface area contributed by atoms with Crippen LogP contribution in [0.4, 0.5) is 0 Å². The van der Waals surface area contributed by atoms with Gasteiger partial charge in [-0.3, -0.25) is 4.79 Å². The van der Waals surface area contributed by atoms with Gasteiger partial charge in [-0.1, -0.05) is 34.6 Å². The lowest BCUT2D eigenvalue weighted by molar-refractivity contribution is -0.144. The monoisotopic (exact) mass is 229 g/mol. The molecule has 1 unspecified atom stereocenters. The topological polar surface area (TPSA) is 38.3 Å². The van der Waals surface area contributed by atoms with Crippen molar-refractivity contribution in [3.63, 3.8) is 0 Å². The Bertz CT molecular complexity index is 194. The molecular formula is C13H27NO2. The van der Waals surface area contributed by atoms with Crippen molar-refractivity contribution in [1.82, 2.24) is 5.32 Å². The van der Waals surface area contributed by atoms with E-state index >= 15 is 0 Å². The maximum Gasteiger partial charge on any atom is 0.309 e. The quantitative estimate of drug-likeness (QED) is 0.681. The van der Waals surface area contributed by atoms with E-state index in [-0.39, 0.29) is 11.9 Å². The van der Waals surface area contributed by atoms with Gasteiger partial charge in [0.1, 0.15) is 0 Å². The van der Waals surface area contributed by atoms with Crippen molar-refractivity contribution in [2.24, 2.45) is 23.7 Å². The number of carbonyl (C=O) groups excluding carboxylic acids is 1. The average molecular weight is 229 g/mol. The van der Waals surface area contributed by atoms with Crippen LogP contribution < -0.4 is 5.32 Å². The van der Waals surface area contributed by atoms with Gasteiger partial charge >= 0.3 is 5.97 Å². The van der Waals surface area contributed by atoms with E-state index < -0.39 is 0 Å². The van der Waals surface area contributed by atoms with E-state index in [2.05, 4.69) is 37.7 Å². The summed E-state index contributed by atoms with van der Waals surface area (Å²) in [7, 11) is 1.43. The Morgan fingerprint density at radius 3 is 1.94 bits per heavy atom. The number of hydrogen-bond acceptors (Lipinski definition) is 3. The summed E-state index contributed by atoms with van der Waals surface area (Å²) < 4.78 is 4.69. The van der Waals surface area contributed by atoms with E-state index in [9.17, 15) is 4.79 Å². The van der Waals surface area contributed by atoms with Crippen LogP contribution in [-0.2, 0) is 9.53 Å². The van der Waals surface area contributed by atoms with E-state index in [4.69, 9.17) is 0 Å². The molecule has 0 bridgehead atoms. The zero-order valence-corrected chi connectivity index (χ0v) is 11.5. The molecular weight excluding hydrogens is 202 g/mol. The van der Waals surface area contributed by atoms with Crippen LogP contribution in [0.3, 0.4) is 0 Å². The summed E-state index contributed by atoms with van der Waals surface area (Å²) in [5.41, 5.74) is 0. The molecule has 0 aliphatic rings. The minimum Gasteiger partial charge on any atom is -0.469 e. The van der Waals surface area contributed by atoms with E-state index in [1.165, 1.54) is 7.11 Å². The fourth-order valence-corrected chi connectivity index (χ4v) is 1.99. The van der Waals surface area contributed by atoms with Crippen LogP contribution in [0.2, 0.25) is 0 Å². The van der Waals surface area contributed by atoms with E-state index in [1.807, 2.05) is 6.92 Å². The summed E-state index contributed by atoms with van der Waals surface area (Å²) in [6, 6.07) is 0. The van der Waals surface area contributed by atoms with Crippen LogP contribution >= 0.6 is 0 Å². The molecule has 16 heavy (non-hydrogen) atoms. The van der Waals surface area contributed by atoms with Gasteiger partial charge in [-0.2, -0.15) is 0 Å². The first-order chi connectivity index (χ1) is 7.40. The van der Waals surface area contributed by atoms with Gasteiger partial charge in [0, 0.05) is 6.54 Å². The predicted octanol–water partition coefficient (Wildman–Crippen LogP) is 2.31. The second-order valence-corrected chi connectivity index (χ2v) is 5.23. The highest BCUT2D eigenvalue weighted by Crippen LogP contribution is 2.19. The highest BCUT2D eigenvalue weighted by Gasteiger charge is 2.18. The Hall–Kier alpha value is -0.570. The van der Waals surface area contributed by atoms with E-state index in [1.54, 1.807) is 0 Å². The Balaban J connectivity index is 3.91. The molecule has 0 heterocycles. The molecule has 0 spiro atoms. The minimum absolute atomic E-state index is 0.0648. The molecule has 0 aliphatic heterocycles. The molecule has 0 aromatic heterocycles. The van der Waals surface area contributed by atoms with Gasteiger partial charge in [-0.25, -0.2) is 0 Å². The van der Waals surface area contributed by atoms with Crippen LogP contribution in [0.5, 0.6) is 0 Å². The molecule has 0 rings (SSSR count). The molecule has 3 nitrogen and oxygen atoms in total. The van der Waals surface area contributed by atoms with Gasteiger partial charge in [-0.15, -0.1) is 0 Å². The minimum atomic E-state index is -0.141. The summed E-state index contributed by atoms with van der Waals surface area (Å²) in [5, 5.41) is 3.36. The van der Waals surface area contributed by atoms with Crippen LogP contribution in [0.1, 0.15) is 34.6 Å². The Morgan fingerprint density at radius 1 is 1.06 bits per heavy atom. The van der Waals surface area contributed by atoms with Gasteiger partial charge in [0.15, 0.2) is 0 Å². The molecule has 0 aromatic rings. The summed E-state index contributed by atoms with van der Waals surface area (Å²) in [4.78, 5) is 11.2. The number of esters is 1.